The average molecular weight is 519 g/mol. The fourth-order valence-electron chi connectivity index (χ4n) is 5.21. The SMILES string of the molecule is Cc1cc(C)cc(CNC(=O)c2csc(C3CCN(C(=O)N4CCN(c5ccccn5)CC4)CC3)n2)c1. The molecule has 0 unspecified atom stereocenters. The van der Waals surface area contributed by atoms with Crippen LogP contribution in [0.5, 0.6) is 0 Å². The molecule has 37 heavy (non-hydrogen) atoms. The third-order valence-electron chi connectivity index (χ3n) is 7.13. The van der Waals surface area contributed by atoms with Crippen LogP contribution in [0.2, 0.25) is 0 Å². The topological polar surface area (TPSA) is 81.7 Å². The van der Waals surface area contributed by atoms with E-state index in [9.17, 15) is 9.59 Å². The van der Waals surface area contributed by atoms with Gasteiger partial charge in [-0.25, -0.2) is 14.8 Å². The van der Waals surface area contributed by atoms with Crippen molar-refractivity contribution >= 4 is 29.1 Å². The highest BCUT2D eigenvalue weighted by Gasteiger charge is 2.30. The molecule has 2 aliphatic rings. The second-order valence-electron chi connectivity index (χ2n) is 9.96. The summed E-state index contributed by atoms with van der Waals surface area (Å²) >= 11 is 1.55. The van der Waals surface area contributed by atoms with Gasteiger partial charge in [-0.2, -0.15) is 0 Å². The third-order valence-corrected chi connectivity index (χ3v) is 8.13. The summed E-state index contributed by atoms with van der Waals surface area (Å²) in [5.41, 5.74) is 3.96. The molecular weight excluding hydrogens is 484 g/mol. The van der Waals surface area contributed by atoms with Gasteiger partial charge in [-0.15, -0.1) is 11.3 Å². The Morgan fingerprint density at radius 2 is 1.68 bits per heavy atom. The molecule has 2 aromatic heterocycles. The summed E-state index contributed by atoms with van der Waals surface area (Å²) in [6.45, 7) is 9.08. The maximum atomic E-state index is 13.1. The van der Waals surface area contributed by atoms with Gasteiger partial charge in [0, 0.05) is 63.3 Å². The first-order valence-electron chi connectivity index (χ1n) is 13.0. The van der Waals surface area contributed by atoms with Gasteiger partial charge in [0.05, 0.1) is 5.01 Å². The van der Waals surface area contributed by atoms with E-state index in [0.717, 1.165) is 55.4 Å². The van der Waals surface area contributed by atoms with Crippen molar-refractivity contribution in [1.29, 1.82) is 0 Å². The Balaban J connectivity index is 1.09. The Hall–Kier alpha value is -3.46. The number of carbonyl (C=O) groups is 2. The summed E-state index contributed by atoms with van der Waals surface area (Å²) in [5.74, 6) is 1.12. The normalized spacial score (nSPS) is 16.6. The Bertz CT molecular complexity index is 1210. The molecule has 3 aromatic rings. The first-order valence-corrected chi connectivity index (χ1v) is 13.8. The van der Waals surface area contributed by atoms with Crippen molar-refractivity contribution in [3.8, 4) is 0 Å². The van der Waals surface area contributed by atoms with E-state index in [4.69, 9.17) is 0 Å². The number of thiazole rings is 1. The van der Waals surface area contributed by atoms with E-state index in [1.807, 2.05) is 33.4 Å². The van der Waals surface area contributed by atoms with Crippen LogP contribution in [0.3, 0.4) is 0 Å². The number of rotatable bonds is 5. The largest absolute Gasteiger partial charge is 0.353 e. The van der Waals surface area contributed by atoms with Gasteiger partial charge in [0.2, 0.25) is 0 Å². The van der Waals surface area contributed by atoms with Crippen LogP contribution in [0.25, 0.3) is 0 Å². The number of nitrogens with one attached hydrogen (secondary N) is 1. The number of carbonyl (C=O) groups excluding carboxylic acids is 2. The zero-order valence-electron chi connectivity index (χ0n) is 21.5. The van der Waals surface area contributed by atoms with E-state index in [1.165, 1.54) is 11.1 Å². The molecule has 0 aliphatic carbocycles. The number of piperidine rings is 1. The number of piperazine rings is 1. The van der Waals surface area contributed by atoms with Crippen LogP contribution in [0.1, 0.15) is 50.9 Å². The second kappa shape index (κ2) is 11.3. The van der Waals surface area contributed by atoms with Gasteiger partial charge >= 0.3 is 6.03 Å². The molecule has 1 aromatic carbocycles. The Morgan fingerprint density at radius 1 is 0.973 bits per heavy atom. The number of pyridine rings is 1. The minimum Gasteiger partial charge on any atom is -0.353 e. The zero-order valence-corrected chi connectivity index (χ0v) is 22.3. The fraction of sp³-hybridized carbons (Fsp3) is 0.429. The molecule has 0 spiro atoms. The van der Waals surface area contributed by atoms with Gasteiger partial charge in [-0.3, -0.25) is 4.79 Å². The maximum absolute atomic E-state index is 13.1. The highest BCUT2D eigenvalue weighted by molar-refractivity contribution is 7.09. The predicted octanol–water partition coefficient (Wildman–Crippen LogP) is 4.21. The summed E-state index contributed by atoms with van der Waals surface area (Å²) in [5, 5.41) is 5.84. The zero-order chi connectivity index (χ0) is 25.8. The summed E-state index contributed by atoms with van der Waals surface area (Å²) in [6, 6.07) is 12.4. The summed E-state index contributed by atoms with van der Waals surface area (Å²) in [4.78, 5) is 41.0. The number of aromatic nitrogens is 2. The molecule has 0 radical (unpaired) electrons. The van der Waals surface area contributed by atoms with Gasteiger partial charge in [-0.1, -0.05) is 35.4 Å². The number of hydrogen-bond donors (Lipinski definition) is 1. The van der Waals surface area contributed by atoms with Crippen molar-refractivity contribution in [3.63, 3.8) is 0 Å². The lowest BCUT2D eigenvalue weighted by Crippen LogP contribution is -2.54. The monoisotopic (exact) mass is 518 g/mol. The van der Waals surface area contributed by atoms with Crippen molar-refractivity contribution < 1.29 is 9.59 Å². The summed E-state index contributed by atoms with van der Waals surface area (Å²) in [7, 11) is 0. The van der Waals surface area contributed by atoms with E-state index in [2.05, 4.69) is 52.2 Å². The van der Waals surface area contributed by atoms with Gasteiger partial charge in [0.1, 0.15) is 11.5 Å². The number of urea groups is 1. The van der Waals surface area contributed by atoms with Crippen LogP contribution in [0.4, 0.5) is 10.6 Å². The highest BCUT2D eigenvalue weighted by Crippen LogP contribution is 2.31. The van der Waals surface area contributed by atoms with E-state index in [1.54, 1.807) is 17.5 Å². The van der Waals surface area contributed by atoms with Gasteiger partial charge in [0.25, 0.3) is 5.91 Å². The molecule has 194 valence electrons. The molecule has 1 N–H and O–H groups in total. The molecular formula is C28H34N6O2S. The van der Waals surface area contributed by atoms with Gasteiger partial charge in [0.15, 0.2) is 0 Å². The van der Waals surface area contributed by atoms with Crippen LogP contribution in [0.15, 0.2) is 48.0 Å². The van der Waals surface area contributed by atoms with E-state index in [-0.39, 0.29) is 17.9 Å². The van der Waals surface area contributed by atoms with Gasteiger partial charge < -0.3 is 20.0 Å². The molecule has 0 atom stereocenters. The maximum Gasteiger partial charge on any atom is 0.320 e. The first-order chi connectivity index (χ1) is 18.0. The standard InChI is InChI=1S/C28H34N6O2S/c1-20-15-21(2)17-22(16-20)18-30-26(35)24-19-37-27(31-24)23-6-9-33(10-7-23)28(36)34-13-11-32(12-14-34)25-5-3-4-8-29-25/h3-5,8,15-17,19,23H,6-7,9-14,18H2,1-2H3,(H,30,35). The van der Waals surface area contributed by atoms with Crippen LogP contribution in [0, 0.1) is 13.8 Å². The molecule has 8 nitrogen and oxygen atoms in total. The Kier molecular flexibility index (Phi) is 7.69. The predicted molar refractivity (Wildman–Crippen MR) is 146 cm³/mol. The minimum absolute atomic E-state index is 0.129. The fourth-order valence-corrected chi connectivity index (χ4v) is 6.18. The number of hydrogen-bond acceptors (Lipinski definition) is 6. The highest BCUT2D eigenvalue weighted by atomic mass is 32.1. The molecule has 0 bridgehead atoms. The van der Waals surface area contributed by atoms with Crippen molar-refractivity contribution in [2.24, 2.45) is 0 Å². The van der Waals surface area contributed by atoms with Crippen LogP contribution in [-0.2, 0) is 6.54 Å². The molecule has 0 saturated carbocycles. The molecule has 2 saturated heterocycles. The lowest BCUT2D eigenvalue weighted by Gasteiger charge is -2.39. The molecule has 4 heterocycles. The third kappa shape index (κ3) is 6.10. The number of anilines is 1. The quantitative estimate of drug-likeness (QED) is 0.547. The van der Waals surface area contributed by atoms with Crippen LogP contribution >= 0.6 is 11.3 Å². The molecule has 9 heteroatoms. The second-order valence-corrected chi connectivity index (χ2v) is 10.8. The lowest BCUT2D eigenvalue weighted by atomic mass is 9.98. The van der Waals surface area contributed by atoms with E-state index in [0.29, 0.717) is 25.3 Å². The molecule has 2 fully saturated rings. The number of likely N-dealkylation sites (tertiary alicyclic amines) is 1. The Morgan fingerprint density at radius 3 is 2.35 bits per heavy atom. The van der Waals surface area contributed by atoms with E-state index < -0.39 is 0 Å². The van der Waals surface area contributed by atoms with Crippen molar-refractivity contribution in [1.82, 2.24) is 25.1 Å². The Labute approximate surface area is 222 Å². The minimum atomic E-state index is -0.140. The van der Waals surface area contributed by atoms with Crippen LogP contribution < -0.4 is 10.2 Å². The average Bonchev–Trinajstić information content (AvgIpc) is 3.42. The number of aryl methyl sites for hydroxylation is 2. The molecule has 3 amide bonds. The number of amides is 3. The smallest absolute Gasteiger partial charge is 0.320 e. The summed E-state index contributed by atoms with van der Waals surface area (Å²) in [6.07, 6.45) is 3.55. The first kappa shape index (κ1) is 25.2. The van der Waals surface area contributed by atoms with Gasteiger partial charge in [-0.05, 0) is 44.4 Å². The molecule has 2 aliphatic heterocycles. The lowest BCUT2D eigenvalue weighted by molar-refractivity contribution is 0.0946. The molecule has 5 rings (SSSR count). The van der Waals surface area contributed by atoms with Crippen molar-refractivity contribution in [2.45, 2.75) is 39.2 Å². The van der Waals surface area contributed by atoms with E-state index >= 15 is 0 Å². The van der Waals surface area contributed by atoms with Crippen molar-refractivity contribution in [3.05, 3.63) is 75.4 Å². The number of benzene rings is 1. The van der Waals surface area contributed by atoms with Crippen molar-refractivity contribution in [2.75, 3.05) is 44.2 Å². The van der Waals surface area contributed by atoms with Crippen LogP contribution in [-0.4, -0.2) is 71.0 Å². The number of nitrogens with zero attached hydrogens (tertiary/aromatic N) is 5. The summed E-state index contributed by atoms with van der Waals surface area (Å²) < 4.78 is 0.